The molecule has 1 N–H and O–H groups in total. The minimum absolute atomic E-state index is 0.0290. The number of ketones is 1. The van der Waals surface area contributed by atoms with Crippen molar-refractivity contribution in [1.29, 1.82) is 0 Å². The molecule has 7 atom stereocenters. The van der Waals surface area contributed by atoms with Gasteiger partial charge in [-0.25, -0.2) is 22.5 Å². The van der Waals surface area contributed by atoms with Crippen LogP contribution in [0, 0.1) is 29.1 Å². The first-order valence-corrected chi connectivity index (χ1v) is 21.2. The zero-order valence-electron chi connectivity index (χ0n) is 31.8. The van der Waals surface area contributed by atoms with Crippen LogP contribution < -0.4 is 14.2 Å². The number of pyridine rings is 1. The Hall–Kier alpha value is -4.07. The second-order valence-electron chi connectivity index (χ2n) is 16.6. The van der Waals surface area contributed by atoms with E-state index in [9.17, 15) is 32.0 Å². The number of rotatable bonds is 9. The van der Waals surface area contributed by atoms with Gasteiger partial charge in [0.25, 0.3) is 10.0 Å². The van der Waals surface area contributed by atoms with Crippen molar-refractivity contribution in [2.75, 3.05) is 13.7 Å². The standard InChI is InChI=1S/C41H52FN3O9S/c1-25-8-4-5-9-28-22-40(28,39(49)44-55(50,51)41(42)15-16-41)23-35(46)34-20-31(54-37-32-13-12-30(52-3)19-27(32)14-17-43-37)24-45(34)38(48)33(26(2)18-25)21-36(47)53-29-10-6-7-11-29/h5,9,12-14,17,19,25-26,28-29,31,33-34H,4,6-8,10-11,15-16,18,20-24H2,1-3H3,(H,44,49)/b9-5-/t25-,26-,28-,31-,33+,34+,40-/m1/s1. The predicted octanol–water partition coefficient (Wildman–Crippen LogP) is 5.97. The molecule has 5 aliphatic rings. The molecular weight excluding hydrogens is 730 g/mol. The Morgan fingerprint density at radius 2 is 1.82 bits per heavy atom. The summed E-state index contributed by atoms with van der Waals surface area (Å²) in [6.07, 6.45) is 9.71. The third-order valence-electron chi connectivity index (χ3n) is 12.5. The van der Waals surface area contributed by atoms with Crippen LogP contribution in [0.5, 0.6) is 11.6 Å². The summed E-state index contributed by atoms with van der Waals surface area (Å²) in [7, 11) is -3.03. The minimum atomic E-state index is -4.61. The third-order valence-corrected chi connectivity index (χ3v) is 14.3. The van der Waals surface area contributed by atoms with Crippen LogP contribution in [0.1, 0.15) is 97.3 Å². The highest BCUT2D eigenvalue weighted by molar-refractivity contribution is 7.91. The first-order chi connectivity index (χ1) is 26.2. The van der Waals surface area contributed by atoms with Gasteiger partial charge in [0.05, 0.1) is 37.5 Å². The van der Waals surface area contributed by atoms with Gasteiger partial charge in [-0.2, -0.15) is 0 Å². The Bertz CT molecular complexity index is 1960. The van der Waals surface area contributed by atoms with Crippen molar-refractivity contribution in [3.8, 4) is 11.6 Å². The molecule has 12 nitrogen and oxygen atoms in total. The molecule has 3 saturated carbocycles. The van der Waals surface area contributed by atoms with E-state index in [0.29, 0.717) is 29.9 Å². The fraction of sp³-hybridized carbons (Fsp3) is 0.634. The molecule has 3 heterocycles. The molecule has 0 bridgehead atoms. The van der Waals surface area contributed by atoms with Crippen LogP contribution in [-0.4, -0.2) is 78.8 Å². The number of aromatic nitrogens is 1. The van der Waals surface area contributed by atoms with Crippen LogP contribution in [0.4, 0.5) is 4.39 Å². The van der Waals surface area contributed by atoms with E-state index in [-0.39, 0.29) is 68.9 Å². The van der Waals surface area contributed by atoms with Crippen LogP contribution >= 0.6 is 0 Å². The molecule has 0 unspecified atom stereocenters. The number of benzene rings is 1. The topological polar surface area (TPSA) is 158 Å². The van der Waals surface area contributed by atoms with Crippen LogP contribution in [0.3, 0.4) is 0 Å². The molecule has 7 rings (SSSR count). The molecule has 0 radical (unpaired) electrons. The normalized spacial score (nSPS) is 31.7. The van der Waals surface area contributed by atoms with Crippen LogP contribution in [0.2, 0.25) is 0 Å². The molecule has 0 spiro atoms. The van der Waals surface area contributed by atoms with Crippen LogP contribution in [0.15, 0.2) is 42.6 Å². The number of hydrogen-bond donors (Lipinski definition) is 1. The Kier molecular flexibility index (Phi) is 11.0. The van der Waals surface area contributed by atoms with Crippen molar-refractivity contribution in [3.05, 3.63) is 42.6 Å². The first kappa shape index (κ1) is 39.2. The van der Waals surface area contributed by atoms with Gasteiger partial charge in [0, 0.05) is 37.3 Å². The molecule has 2 aliphatic heterocycles. The van der Waals surface area contributed by atoms with Gasteiger partial charge in [0.15, 0.2) is 5.78 Å². The maximum Gasteiger partial charge on any atom is 0.306 e. The van der Waals surface area contributed by atoms with E-state index >= 15 is 0 Å². The summed E-state index contributed by atoms with van der Waals surface area (Å²) in [4.78, 5) is 62.6. The SMILES string of the molecule is COc1ccc2c(O[C@@H]3C[C@H]4C(=O)C[C@]5(C(=O)NS(=O)(=O)C6(F)CC6)C[C@H]5/C=C\CC[C@@H](C)C[C@@H](C)[C@H](CC(=O)OC5CCCC5)C(=O)N4C3)nccc2c1. The van der Waals surface area contributed by atoms with E-state index in [1.807, 2.05) is 42.0 Å². The van der Waals surface area contributed by atoms with E-state index in [1.54, 1.807) is 19.4 Å². The summed E-state index contributed by atoms with van der Waals surface area (Å²) in [5.41, 5.74) is -1.42. The Balaban J connectivity index is 1.21. The molecule has 298 valence electrons. The molecule has 1 aromatic carbocycles. The Morgan fingerprint density at radius 3 is 2.55 bits per heavy atom. The lowest BCUT2D eigenvalue weighted by molar-refractivity contribution is -0.155. The second kappa shape index (κ2) is 15.5. The van der Waals surface area contributed by atoms with Gasteiger partial charge in [-0.05, 0) is 98.8 Å². The number of nitrogens with zero attached hydrogens (tertiary/aromatic N) is 2. The van der Waals surface area contributed by atoms with E-state index < -0.39 is 62.1 Å². The third kappa shape index (κ3) is 8.25. The van der Waals surface area contributed by atoms with E-state index in [4.69, 9.17) is 14.2 Å². The fourth-order valence-electron chi connectivity index (χ4n) is 8.90. The summed E-state index contributed by atoms with van der Waals surface area (Å²) >= 11 is 0. The number of allylic oxidation sites excluding steroid dienone is 2. The number of carbonyl (C=O) groups is 4. The Morgan fingerprint density at radius 1 is 1.05 bits per heavy atom. The number of nitrogens with one attached hydrogen (secondary N) is 1. The van der Waals surface area contributed by atoms with Gasteiger partial charge in [-0.15, -0.1) is 0 Å². The number of Topliss-reactive ketones (excluding diaryl/α,β-unsaturated/α-hetero) is 1. The number of alkyl halides is 1. The molecule has 1 aromatic heterocycles. The number of halogens is 1. The van der Waals surface area contributed by atoms with Gasteiger partial charge in [-0.1, -0.05) is 26.0 Å². The number of carbonyl (C=O) groups excluding carboxylic acids is 4. The van der Waals surface area contributed by atoms with Gasteiger partial charge in [-0.3, -0.25) is 19.2 Å². The minimum Gasteiger partial charge on any atom is -0.497 e. The Labute approximate surface area is 322 Å². The highest BCUT2D eigenvalue weighted by atomic mass is 32.2. The molecule has 4 fully saturated rings. The zero-order valence-corrected chi connectivity index (χ0v) is 32.7. The van der Waals surface area contributed by atoms with Crippen molar-refractivity contribution in [1.82, 2.24) is 14.6 Å². The molecule has 14 heteroatoms. The number of fused-ring (bicyclic) bond motifs is 3. The van der Waals surface area contributed by atoms with Crippen LogP contribution in [-0.2, 0) is 33.9 Å². The van der Waals surface area contributed by atoms with Crippen molar-refractivity contribution < 1.29 is 46.2 Å². The summed E-state index contributed by atoms with van der Waals surface area (Å²) in [5, 5.41) is -0.958. The quantitative estimate of drug-likeness (QED) is 0.238. The molecule has 55 heavy (non-hydrogen) atoms. The van der Waals surface area contributed by atoms with Crippen molar-refractivity contribution >= 4 is 44.4 Å². The molecule has 2 aromatic rings. The highest BCUT2D eigenvalue weighted by Crippen LogP contribution is 2.58. The number of amides is 2. The maximum atomic E-state index is 14.9. The lowest BCUT2D eigenvalue weighted by Crippen LogP contribution is -2.48. The summed E-state index contributed by atoms with van der Waals surface area (Å²) < 4.78 is 60.2. The molecule has 1 saturated heterocycles. The van der Waals surface area contributed by atoms with Gasteiger partial charge in [0.2, 0.25) is 22.7 Å². The lowest BCUT2D eigenvalue weighted by atomic mass is 9.82. The summed E-state index contributed by atoms with van der Waals surface area (Å²) in [6, 6.07) is 6.27. The lowest BCUT2D eigenvalue weighted by Gasteiger charge is -2.32. The summed E-state index contributed by atoms with van der Waals surface area (Å²) in [6.45, 7) is 4.10. The largest absolute Gasteiger partial charge is 0.497 e. The predicted molar refractivity (Wildman–Crippen MR) is 201 cm³/mol. The van der Waals surface area contributed by atoms with Crippen molar-refractivity contribution in [3.63, 3.8) is 0 Å². The van der Waals surface area contributed by atoms with Crippen LogP contribution in [0.25, 0.3) is 10.8 Å². The van der Waals surface area contributed by atoms with Gasteiger partial charge in [0.1, 0.15) is 18.0 Å². The molecule has 3 aliphatic carbocycles. The maximum absolute atomic E-state index is 14.9. The highest BCUT2D eigenvalue weighted by Gasteiger charge is 2.64. The van der Waals surface area contributed by atoms with E-state index in [2.05, 4.69) is 11.9 Å². The number of esters is 1. The number of ether oxygens (including phenoxy) is 3. The second-order valence-corrected chi connectivity index (χ2v) is 18.6. The van der Waals surface area contributed by atoms with Crippen molar-refractivity contribution in [2.45, 2.75) is 121 Å². The monoisotopic (exact) mass is 781 g/mol. The van der Waals surface area contributed by atoms with E-state index in [1.165, 1.54) is 4.90 Å². The average Bonchev–Trinajstić information content (AvgIpc) is 3.92. The van der Waals surface area contributed by atoms with Gasteiger partial charge >= 0.3 is 5.97 Å². The average molecular weight is 782 g/mol. The number of methoxy groups -OCH3 is 1. The zero-order chi connectivity index (χ0) is 39.1. The molecular formula is C41H52FN3O9S. The fourth-order valence-corrected chi connectivity index (χ4v) is 10.2. The summed E-state index contributed by atoms with van der Waals surface area (Å²) in [5.74, 6) is -2.40. The first-order valence-electron chi connectivity index (χ1n) is 19.8. The smallest absolute Gasteiger partial charge is 0.306 e. The van der Waals surface area contributed by atoms with Gasteiger partial charge < -0.3 is 19.1 Å². The molecule has 2 amide bonds. The number of sulfonamides is 1. The van der Waals surface area contributed by atoms with Crippen molar-refractivity contribution in [2.24, 2.45) is 29.1 Å². The number of hydrogen-bond acceptors (Lipinski definition) is 10. The van der Waals surface area contributed by atoms with E-state index in [0.717, 1.165) is 37.5 Å².